The molecule has 6 aliphatic rings. The minimum atomic E-state index is -5.08. The molecule has 0 radical (unpaired) electrons. The fraction of sp³-hybridized carbons (Fsp3) is 0.481. The molecule has 2 saturated carbocycles. The van der Waals surface area contributed by atoms with Gasteiger partial charge in [0.15, 0.2) is 0 Å². The Kier molecular flexibility index (Phi) is 14.5. The van der Waals surface area contributed by atoms with Crippen molar-refractivity contribution in [3.63, 3.8) is 0 Å². The molecule has 6 aromatic rings. The number of fused-ring (bicyclic) bond motifs is 2. The number of carboxylic acid groups (broad SMARTS) is 1. The van der Waals surface area contributed by atoms with Gasteiger partial charge in [-0.25, -0.2) is 14.8 Å². The summed E-state index contributed by atoms with van der Waals surface area (Å²) < 4.78 is 44.1. The van der Waals surface area contributed by atoms with Crippen LogP contribution in [0.3, 0.4) is 0 Å². The van der Waals surface area contributed by atoms with E-state index >= 15 is 0 Å². The maximum Gasteiger partial charge on any atom is 0.490 e. The molecule has 2 aliphatic carbocycles. The lowest BCUT2D eigenvalue weighted by molar-refractivity contribution is -0.192. The largest absolute Gasteiger partial charge is 0.490 e. The third-order valence-corrected chi connectivity index (χ3v) is 17.2. The number of piperidine rings is 2. The minimum Gasteiger partial charge on any atom is -0.490 e. The summed E-state index contributed by atoms with van der Waals surface area (Å²) in [5.41, 5.74) is 14.7. The summed E-state index contributed by atoms with van der Waals surface area (Å²) in [5, 5.41) is 9.07. The number of likely N-dealkylation sites (tertiary alicyclic amines) is 2. The van der Waals surface area contributed by atoms with Gasteiger partial charge in [-0.1, -0.05) is 12.8 Å². The molecular formula is C52H57F3N8O8S2. The molecule has 5 N–H and O–H groups in total. The van der Waals surface area contributed by atoms with Crippen LogP contribution >= 0.6 is 22.7 Å². The average Bonchev–Trinajstić information content (AvgIpc) is 4.01. The number of aliphatic carboxylic acids is 1. The van der Waals surface area contributed by atoms with Gasteiger partial charge in [-0.05, 0) is 100 Å². The number of thiazole rings is 2. The lowest BCUT2D eigenvalue weighted by atomic mass is 9.86. The number of aromatic nitrogens is 2. The summed E-state index contributed by atoms with van der Waals surface area (Å²) in [6.45, 7) is 7.45. The van der Waals surface area contributed by atoms with Crippen LogP contribution in [0.25, 0.3) is 21.1 Å². The zero-order chi connectivity index (χ0) is 51.1. The normalized spacial score (nSPS) is 22.2. The molecular weight excluding hydrogens is 986 g/mol. The van der Waals surface area contributed by atoms with Crippen LogP contribution in [0.5, 0.6) is 11.5 Å². The van der Waals surface area contributed by atoms with E-state index in [1.165, 1.54) is 64.7 Å². The molecule has 0 amide bonds. The first kappa shape index (κ1) is 50.4. The Morgan fingerprint density at radius 3 is 1.26 bits per heavy atom. The summed E-state index contributed by atoms with van der Waals surface area (Å²) >= 11 is 3.28. The number of nitrogen functional groups attached to an aromatic ring is 2. The number of hydrogen-bond acceptors (Lipinski definition) is 17. The Morgan fingerprint density at radius 2 is 0.932 bits per heavy atom. The lowest BCUT2D eigenvalue weighted by Gasteiger charge is -2.44. The Balaban J connectivity index is 0.000000148. The number of anilines is 4. The first-order valence-corrected chi connectivity index (χ1v) is 26.7. The van der Waals surface area contributed by atoms with Gasteiger partial charge in [0.2, 0.25) is 0 Å². The number of benzene rings is 2. The van der Waals surface area contributed by atoms with Gasteiger partial charge in [0.1, 0.15) is 56.5 Å². The molecule has 73 heavy (non-hydrogen) atoms. The number of carboxylic acids is 1. The predicted molar refractivity (Wildman–Crippen MR) is 276 cm³/mol. The number of carbonyl (C=O) groups is 1. The first-order chi connectivity index (χ1) is 35.1. The van der Waals surface area contributed by atoms with Crippen LogP contribution in [0.4, 0.5) is 35.9 Å². The number of ether oxygens (including phenoxy) is 2. The van der Waals surface area contributed by atoms with Crippen LogP contribution in [0.1, 0.15) is 85.4 Å². The number of rotatable bonds is 10. The molecule has 12 rings (SSSR count). The monoisotopic (exact) mass is 1040 g/mol. The second kappa shape index (κ2) is 21.0. The molecule has 2 saturated heterocycles. The van der Waals surface area contributed by atoms with Crippen LogP contribution in [0.15, 0.2) is 67.7 Å². The molecule has 0 bridgehead atoms. The number of nitrogens with zero attached hydrogens (tertiary/aromatic N) is 6. The van der Waals surface area contributed by atoms with Crippen LogP contribution in [0, 0.1) is 0 Å². The SMILES string of the molecule is Nc1c(N2CCc3nc(-c4ccc(OC5CC(N6CCCCC6)C5)cc4)sc3C2)c(=O)c1=O.Nc1c(N2CCc3nc(-c4ccc(OC5CC(N6CCCCC6)C5)cc4)sc3C2)c(=O)c1=O.O=C(O)C(F)(F)F. The Morgan fingerprint density at radius 1 is 0.575 bits per heavy atom. The van der Waals surface area contributed by atoms with Crippen molar-refractivity contribution in [2.75, 3.05) is 60.5 Å². The third kappa shape index (κ3) is 10.8. The van der Waals surface area contributed by atoms with E-state index < -0.39 is 33.9 Å². The van der Waals surface area contributed by atoms with Gasteiger partial charge < -0.3 is 45.6 Å². The van der Waals surface area contributed by atoms with E-state index in [0.717, 1.165) is 92.3 Å². The summed E-state index contributed by atoms with van der Waals surface area (Å²) in [5.74, 6) is -0.916. The van der Waals surface area contributed by atoms with Crippen molar-refractivity contribution in [3.8, 4) is 32.6 Å². The molecule has 0 spiro atoms. The van der Waals surface area contributed by atoms with Gasteiger partial charge in [-0.15, -0.1) is 22.7 Å². The Bertz CT molecular complexity index is 2890. The number of halogens is 3. The van der Waals surface area contributed by atoms with Crippen LogP contribution < -0.4 is 52.5 Å². The molecule has 4 aliphatic heterocycles. The maximum atomic E-state index is 11.9. The van der Waals surface area contributed by atoms with Crippen molar-refractivity contribution < 1.29 is 32.5 Å². The molecule has 0 atom stereocenters. The van der Waals surface area contributed by atoms with Crippen LogP contribution in [0.2, 0.25) is 0 Å². The second-order valence-corrected chi connectivity index (χ2v) is 21.9. The minimum absolute atomic E-state index is 0.0949. The maximum absolute atomic E-state index is 11.9. The van der Waals surface area contributed by atoms with Crippen molar-refractivity contribution >= 4 is 51.4 Å². The average molecular weight is 1040 g/mol. The van der Waals surface area contributed by atoms with Crippen LogP contribution in [-0.2, 0) is 30.7 Å². The van der Waals surface area contributed by atoms with Crippen molar-refractivity contribution in [3.05, 3.63) is 111 Å². The molecule has 4 fully saturated rings. The fourth-order valence-corrected chi connectivity index (χ4v) is 12.9. The predicted octanol–water partition coefficient (Wildman–Crippen LogP) is 6.53. The zero-order valence-electron chi connectivity index (χ0n) is 40.2. The molecule has 0 unspecified atom stereocenters. The number of hydrogen-bond donors (Lipinski definition) is 3. The van der Waals surface area contributed by atoms with Gasteiger partial charge in [0, 0.05) is 84.6 Å². The summed E-state index contributed by atoms with van der Waals surface area (Å²) in [6.07, 6.45) is 9.68. The lowest BCUT2D eigenvalue weighted by Crippen LogP contribution is -2.50. The van der Waals surface area contributed by atoms with E-state index in [9.17, 15) is 32.3 Å². The molecule has 21 heteroatoms. The first-order valence-electron chi connectivity index (χ1n) is 25.0. The highest BCUT2D eigenvalue weighted by Crippen LogP contribution is 2.38. The molecule has 4 aromatic carbocycles. The van der Waals surface area contributed by atoms with Gasteiger partial charge >= 0.3 is 12.1 Å². The summed E-state index contributed by atoms with van der Waals surface area (Å²) in [7, 11) is 0. The molecule has 2 aromatic heterocycles. The smallest absolute Gasteiger partial charge is 0.490 e. The van der Waals surface area contributed by atoms with Gasteiger partial charge in [-0.3, -0.25) is 19.2 Å². The van der Waals surface area contributed by atoms with Crippen molar-refractivity contribution in [2.24, 2.45) is 0 Å². The molecule has 6 heterocycles. The topological polar surface area (TPSA) is 215 Å². The molecule has 386 valence electrons. The third-order valence-electron chi connectivity index (χ3n) is 14.9. The van der Waals surface area contributed by atoms with Crippen molar-refractivity contribution in [1.29, 1.82) is 0 Å². The Hall–Kier alpha value is -6.16. The summed E-state index contributed by atoms with van der Waals surface area (Å²) in [6, 6.07) is 17.9. The summed E-state index contributed by atoms with van der Waals surface area (Å²) in [4.78, 5) is 76.7. The van der Waals surface area contributed by atoms with Crippen molar-refractivity contribution in [1.82, 2.24) is 19.8 Å². The van der Waals surface area contributed by atoms with E-state index in [1.807, 2.05) is 34.1 Å². The second-order valence-electron chi connectivity index (χ2n) is 19.7. The number of alkyl halides is 3. The van der Waals surface area contributed by atoms with E-state index in [-0.39, 0.29) is 11.4 Å². The van der Waals surface area contributed by atoms with E-state index in [1.54, 1.807) is 22.7 Å². The van der Waals surface area contributed by atoms with Gasteiger partial charge in [0.05, 0.1) is 24.5 Å². The van der Waals surface area contributed by atoms with Gasteiger partial charge in [0.25, 0.3) is 21.7 Å². The highest BCUT2D eigenvalue weighted by atomic mass is 32.1. The van der Waals surface area contributed by atoms with E-state index in [2.05, 4.69) is 34.1 Å². The van der Waals surface area contributed by atoms with Gasteiger partial charge in [-0.2, -0.15) is 13.2 Å². The Labute approximate surface area is 426 Å². The van der Waals surface area contributed by atoms with E-state index in [4.69, 9.17) is 40.8 Å². The quantitative estimate of drug-likeness (QED) is 0.124. The highest BCUT2D eigenvalue weighted by molar-refractivity contribution is 7.15. The zero-order valence-corrected chi connectivity index (χ0v) is 41.8. The van der Waals surface area contributed by atoms with Crippen LogP contribution in [-0.4, -0.2) is 101 Å². The van der Waals surface area contributed by atoms with E-state index in [0.29, 0.717) is 61.8 Å². The number of nitrogens with two attached hydrogens (primary N) is 2. The molecule has 16 nitrogen and oxygen atoms in total. The fourth-order valence-electron chi connectivity index (χ4n) is 10.6. The van der Waals surface area contributed by atoms with Crippen molar-refractivity contribution in [2.45, 2.75) is 121 Å². The standard InChI is InChI=1S/2C25H28N4O3S.C2HF3O2/c2*26-21-22(24(31)23(21)30)29-11-8-19-20(14-29)33-25(27-19)15-4-6-17(7-5-15)32-18-12-16(13-18)28-9-2-1-3-10-28;3-2(4,5)1(6)7/h2*4-7,16,18H,1-3,8-14,26H2;(H,6,7). The highest BCUT2D eigenvalue weighted by Gasteiger charge is 2.39.